The van der Waals surface area contributed by atoms with Gasteiger partial charge in [-0.25, -0.2) is 0 Å². The normalized spacial score (nSPS) is 36.8. The summed E-state index contributed by atoms with van der Waals surface area (Å²) < 4.78 is 5.88. The molecule has 0 aliphatic carbocycles. The Morgan fingerprint density at radius 3 is 3.06 bits per heavy atom. The molecule has 0 bridgehead atoms. The van der Waals surface area contributed by atoms with Crippen molar-refractivity contribution in [2.45, 2.75) is 51.2 Å². The highest BCUT2D eigenvalue weighted by atomic mass is 16.5. The third kappa shape index (κ3) is 3.19. The molecule has 3 heteroatoms. The van der Waals surface area contributed by atoms with Crippen LogP contribution in [-0.2, 0) is 4.74 Å². The van der Waals surface area contributed by atoms with E-state index in [4.69, 9.17) is 4.74 Å². The molecule has 0 aromatic rings. The lowest BCUT2D eigenvalue weighted by Gasteiger charge is -2.38. The van der Waals surface area contributed by atoms with E-state index < -0.39 is 0 Å². The van der Waals surface area contributed by atoms with E-state index in [1.807, 2.05) is 0 Å². The molecule has 2 unspecified atom stereocenters. The van der Waals surface area contributed by atoms with Crippen LogP contribution >= 0.6 is 0 Å². The molecule has 0 aromatic carbocycles. The van der Waals surface area contributed by atoms with E-state index in [2.05, 4.69) is 24.1 Å². The summed E-state index contributed by atoms with van der Waals surface area (Å²) in [6.45, 7) is 10.1. The second-order valence-corrected chi connectivity index (χ2v) is 5.58. The van der Waals surface area contributed by atoms with E-state index in [-0.39, 0.29) is 5.60 Å². The number of ether oxygens (including phenoxy) is 1. The highest BCUT2D eigenvalue weighted by Gasteiger charge is 2.33. The van der Waals surface area contributed by atoms with Crippen molar-refractivity contribution in [1.29, 1.82) is 0 Å². The molecule has 2 fully saturated rings. The Bertz CT molecular complexity index is 212. The molecular formula is C13H26N2O. The van der Waals surface area contributed by atoms with Gasteiger partial charge in [-0.15, -0.1) is 0 Å². The second kappa shape index (κ2) is 5.48. The molecular weight excluding hydrogens is 200 g/mol. The Kier molecular flexibility index (Phi) is 4.22. The molecule has 0 spiro atoms. The van der Waals surface area contributed by atoms with Crippen molar-refractivity contribution in [2.24, 2.45) is 0 Å². The van der Waals surface area contributed by atoms with Crippen LogP contribution in [0.4, 0.5) is 0 Å². The largest absolute Gasteiger partial charge is 0.374 e. The number of nitrogens with one attached hydrogen (secondary N) is 1. The number of hydrogen-bond acceptors (Lipinski definition) is 3. The van der Waals surface area contributed by atoms with Crippen LogP contribution in [0.25, 0.3) is 0 Å². The molecule has 2 heterocycles. The summed E-state index contributed by atoms with van der Waals surface area (Å²) in [6.07, 6.45) is 5.05. The molecule has 3 nitrogen and oxygen atoms in total. The van der Waals surface area contributed by atoms with Crippen LogP contribution in [0.3, 0.4) is 0 Å². The van der Waals surface area contributed by atoms with E-state index in [1.54, 1.807) is 0 Å². The molecule has 0 aromatic heterocycles. The Morgan fingerprint density at radius 2 is 2.38 bits per heavy atom. The Morgan fingerprint density at radius 1 is 1.50 bits per heavy atom. The lowest BCUT2D eigenvalue weighted by molar-refractivity contribution is -0.0147. The summed E-state index contributed by atoms with van der Waals surface area (Å²) in [5, 5.41) is 3.60. The molecule has 2 atom stereocenters. The Balaban J connectivity index is 1.80. The third-order valence-corrected chi connectivity index (χ3v) is 3.84. The minimum atomic E-state index is 0.133. The van der Waals surface area contributed by atoms with Gasteiger partial charge in [-0.1, -0.05) is 13.3 Å². The van der Waals surface area contributed by atoms with E-state index in [1.165, 1.54) is 38.8 Å². The summed E-state index contributed by atoms with van der Waals surface area (Å²) in [5.41, 5.74) is 0.133. The van der Waals surface area contributed by atoms with E-state index in [0.29, 0.717) is 6.04 Å². The van der Waals surface area contributed by atoms with Crippen LogP contribution in [-0.4, -0.2) is 49.3 Å². The van der Waals surface area contributed by atoms with Gasteiger partial charge in [0.25, 0.3) is 0 Å². The van der Waals surface area contributed by atoms with Gasteiger partial charge < -0.3 is 10.1 Å². The van der Waals surface area contributed by atoms with Gasteiger partial charge in [0.1, 0.15) is 0 Å². The zero-order chi connectivity index (χ0) is 11.4. The highest BCUT2D eigenvalue weighted by Crippen LogP contribution is 2.26. The third-order valence-electron chi connectivity index (χ3n) is 3.84. The molecule has 16 heavy (non-hydrogen) atoms. The van der Waals surface area contributed by atoms with E-state index in [0.717, 1.165) is 19.7 Å². The fourth-order valence-corrected chi connectivity index (χ4v) is 3.01. The zero-order valence-corrected chi connectivity index (χ0v) is 10.8. The standard InChI is InChI=1S/C13H26N2O/c1-3-5-12-10-15(8-7-14-12)11-13(2)6-4-9-16-13/h12,14H,3-11H2,1-2H3. The lowest BCUT2D eigenvalue weighted by atomic mass is 10.0. The predicted molar refractivity (Wildman–Crippen MR) is 66.7 cm³/mol. The quantitative estimate of drug-likeness (QED) is 0.788. The van der Waals surface area contributed by atoms with Crippen molar-refractivity contribution in [2.75, 3.05) is 32.8 Å². The predicted octanol–water partition coefficient (Wildman–Crippen LogP) is 1.63. The SMILES string of the molecule is CCCC1CN(CC2(C)CCCO2)CCN1. The van der Waals surface area contributed by atoms with Crippen molar-refractivity contribution in [1.82, 2.24) is 10.2 Å². The van der Waals surface area contributed by atoms with Gasteiger partial charge >= 0.3 is 0 Å². The van der Waals surface area contributed by atoms with Crippen LogP contribution in [0.5, 0.6) is 0 Å². The molecule has 0 radical (unpaired) electrons. The first kappa shape index (κ1) is 12.3. The summed E-state index contributed by atoms with van der Waals surface area (Å²) in [5.74, 6) is 0. The fraction of sp³-hybridized carbons (Fsp3) is 1.00. The van der Waals surface area contributed by atoms with Gasteiger partial charge in [-0.05, 0) is 26.2 Å². The van der Waals surface area contributed by atoms with Gasteiger partial charge in [0.2, 0.25) is 0 Å². The van der Waals surface area contributed by atoms with Crippen molar-refractivity contribution >= 4 is 0 Å². The summed E-state index contributed by atoms with van der Waals surface area (Å²) >= 11 is 0. The number of nitrogens with zero attached hydrogens (tertiary/aromatic N) is 1. The smallest absolute Gasteiger partial charge is 0.0781 e. The average molecular weight is 226 g/mol. The van der Waals surface area contributed by atoms with Crippen LogP contribution < -0.4 is 5.32 Å². The maximum Gasteiger partial charge on any atom is 0.0781 e. The number of piperazine rings is 1. The first-order chi connectivity index (χ1) is 7.72. The average Bonchev–Trinajstić information content (AvgIpc) is 2.66. The van der Waals surface area contributed by atoms with Gasteiger partial charge in [0.15, 0.2) is 0 Å². The molecule has 0 amide bonds. The molecule has 0 saturated carbocycles. The topological polar surface area (TPSA) is 24.5 Å². The van der Waals surface area contributed by atoms with Crippen molar-refractivity contribution in [3.8, 4) is 0 Å². The van der Waals surface area contributed by atoms with Crippen LogP contribution in [0.2, 0.25) is 0 Å². The maximum absolute atomic E-state index is 5.88. The number of hydrogen-bond donors (Lipinski definition) is 1. The van der Waals surface area contributed by atoms with Gasteiger partial charge in [-0.2, -0.15) is 0 Å². The summed E-state index contributed by atoms with van der Waals surface area (Å²) in [7, 11) is 0. The first-order valence-electron chi connectivity index (χ1n) is 6.81. The van der Waals surface area contributed by atoms with E-state index >= 15 is 0 Å². The minimum Gasteiger partial charge on any atom is -0.374 e. The highest BCUT2D eigenvalue weighted by molar-refractivity contribution is 4.87. The Hall–Kier alpha value is -0.120. The molecule has 2 aliphatic rings. The zero-order valence-electron chi connectivity index (χ0n) is 10.8. The first-order valence-corrected chi connectivity index (χ1v) is 6.81. The summed E-state index contributed by atoms with van der Waals surface area (Å²) in [6, 6.07) is 0.698. The van der Waals surface area contributed by atoms with Crippen molar-refractivity contribution in [3.05, 3.63) is 0 Å². The molecule has 1 N–H and O–H groups in total. The lowest BCUT2D eigenvalue weighted by Crippen LogP contribution is -2.54. The van der Waals surface area contributed by atoms with E-state index in [9.17, 15) is 0 Å². The molecule has 94 valence electrons. The monoisotopic (exact) mass is 226 g/mol. The fourth-order valence-electron chi connectivity index (χ4n) is 3.01. The molecule has 2 saturated heterocycles. The molecule has 2 rings (SSSR count). The van der Waals surface area contributed by atoms with Gasteiger partial charge in [0.05, 0.1) is 5.60 Å². The van der Waals surface area contributed by atoms with Gasteiger partial charge in [-0.3, -0.25) is 4.90 Å². The van der Waals surface area contributed by atoms with Crippen molar-refractivity contribution in [3.63, 3.8) is 0 Å². The minimum absolute atomic E-state index is 0.133. The maximum atomic E-state index is 5.88. The Labute approximate surface area is 99.5 Å². The second-order valence-electron chi connectivity index (χ2n) is 5.58. The van der Waals surface area contributed by atoms with Crippen LogP contribution in [0, 0.1) is 0 Å². The van der Waals surface area contributed by atoms with Crippen molar-refractivity contribution < 1.29 is 4.74 Å². The van der Waals surface area contributed by atoms with Crippen LogP contribution in [0.15, 0.2) is 0 Å². The number of rotatable bonds is 4. The summed E-state index contributed by atoms with van der Waals surface area (Å²) in [4.78, 5) is 2.59. The molecule has 2 aliphatic heterocycles. The van der Waals surface area contributed by atoms with Gasteiger partial charge in [0, 0.05) is 38.8 Å². The van der Waals surface area contributed by atoms with Crippen LogP contribution in [0.1, 0.15) is 39.5 Å².